The molecule has 3 aromatic rings. The molecule has 2 aromatic carbocycles. The number of morpholine rings is 1. The molecule has 1 N–H and O–H groups in total. The van der Waals surface area contributed by atoms with Gasteiger partial charge in [0.05, 0.1) is 37.6 Å². The van der Waals surface area contributed by atoms with Gasteiger partial charge in [-0.3, -0.25) is 4.90 Å². The average molecular weight is 463 g/mol. The van der Waals surface area contributed by atoms with Gasteiger partial charge >= 0.3 is 12.1 Å². The molecule has 0 spiro atoms. The van der Waals surface area contributed by atoms with E-state index in [0.717, 1.165) is 18.7 Å². The van der Waals surface area contributed by atoms with Crippen molar-refractivity contribution in [2.24, 2.45) is 0 Å². The minimum absolute atomic E-state index is 0.0699. The number of benzene rings is 2. The number of methoxy groups -OCH3 is 1. The van der Waals surface area contributed by atoms with Crippen LogP contribution in [0, 0.1) is 0 Å². The lowest BCUT2D eigenvalue weighted by atomic mass is 9.93. The Balaban J connectivity index is 1.55. The van der Waals surface area contributed by atoms with Gasteiger partial charge in [-0.15, -0.1) is 0 Å². The van der Waals surface area contributed by atoms with Crippen molar-refractivity contribution < 1.29 is 31.8 Å². The number of hydrogen-bond donors (Lipinski definition) is 1. The summed E-state index contributed by atoms with van der Waals surface area (Å²) in [5, 5.41) is 3.44. The number of nitrogens with zero attached hydrogens (tertiary/aromatic N) is 2. The zero-order chi connectivity index (χ0) is 23.2. The lowest BCUT2D eigenvalue weighted by Gasteiger charge is -2.44. The molecule has 7 nitrogen and oxygen atoms in total. The second-order valence-electron chi connectivity index (χ2n) is 8.25. The van der Waals surface area contributed by atoms with E-state index in [4.69, 9.17) is 18.6 Å². The minimum Gasteiger partial charge on any atom is -0.497 e. The second kappa shape index (κ2) is 8.42. The summed E-state index contributed by atoms with van der Waals surface area (Å²) in [6.07, 6.45) is -4.59. The third kappa shape index (κ3) is 4.20. The molecule has 2 aliphatic heterocycles. The second-order valence-corrected chi connectivity index (χ2v) is 8.25. The van der Waals surface area contributed by atoms with Crippen molar-refractivity contribution in [3.8, 4) is 11.5 Å². The van der Waals surface area contributed by atoms with Crippen LogP contribution in [-0.2, 0) is 10.9 Å². The number of ether oxygens (including phenoxy) is 3. The largest absolute Gasteiger partial charge is 0.497 e. The Hall–Kier alpha value is -2.98. The smallest absolute Gasteiger partial charge is 0.468 e. The summed E-state index contributed by atoms with van der Waals surface area (Å²) >= 11 is 0. The van der Waals surface area contributed by atoms with Crippen LogP contribution in [0.1, 0.15) is 24.4 Å². The van der Waals surface area contributed by atoms with Crippen LogP contribution in [0.4, 0.5) is 18.9 Å². The Morgan fingerprint density at radius 3 is 2.82 bits per heavy atom. The van der Waals surface area contributed by atoms with Crippen LogP contribution < -0.4 is 14.8 Å². The highest BCUT2D eigenvalue weighted by atomic mass is 19.4. The molecule has 3 heterocycles. The van der Waals surface area contributed by atoms with Crippen molar-refractivity contribution in [2.45, 2.75) is 31.3 Å². The fourth-order valence-corrected chi connectivity index (χ4v) is 4.49. The van der Waals surface area contributed by atoms with Crippen molar-refractivity contribution in [3.05, 3.63) is 47.9 Å². The minimum atomic E-state index is -4.66. The fraction of sp³-hybridized carbons (Fsp3) is 0.435. The van der Waals surface area contributed by atoms with Gasteiger partial charge in [0.2, 0.25) is 0 Å². The molecule has 3 atom stereocenters. The molecule has 0 saturated carbocycles. The molecule has 33 heavy (non-hydrogen) atoms. The summed E-state index contributed by atoms with van der Waals surface area (Å²) in [5.41, 5.74) is 1.54. The number of oxazole rings is 1. The summed E-state index contributed by atoms with van der Waals surface area (Å²) in [6.45, 7) is 4.48. The molecular weight excluding hydrogens is 439 g/mol. The van der Waals surface area contributed by atoms with Crippen molar-refractivity contribution in [1.82, 2.24) is 9.88 Å². The highest BCUT2D eigenvalue weighted by Gasteiger charge is 2.39. The maximum absolute atomic E-state index is 13.2. The maximum atomic E-state index is 13.2. The van der Waals surface area contributed by atoms with Gasteiger partial charge in [0.15, 0.2) is 5.58 Å². The molecule has 1 saturated heterocycles. The highest BCUT2D eigenvalue weighted by molar-refractivity contribution is 5.86. The molecular formula is C23H24F3N3O4. The molecule has 5 rings (SSSR count). The zero-order valence-corrected chi connectivity index (χ0v) is 18.2. The number of halogens is 3. The van der Waals surface area contributed by atoms with E-state index in [1.807, 2.05) is 25.1 Å². The number of alkyl halides is 3. The zero-order valence-electron chi connectivity index (χ0n) is 18.2. The lowest BCUT2D eigenvalue weighted by Crippen LogP contribution is -2.54. The molecule has 0 radical (unpaired) electrons. The molecule has 176 valence electrons. The van der Waals surface area contributed by atoms with Crippen LogP contribution in [0.15, 0.2) is 40.8 Å². The number of rotatable bonds is 4. The summed E-state index contributed by atoms with van der Waals surface area (Å²) in [4.78, 5) is 5.92. The van der Waals surface area contributed by atoms with E-state index in [-0.39, 0.29) is 29.3 Å². The van der Waals surface area contributed by atoms with Gasteiger partial charge in [0.25, 0.3) is 0 Å². The topological polar surface area (TPSA) is 69.0 Å². The van der Waals surface area contributed by atoms with Gasteiger partial charge in [-0.2, -0.15) is 13.2 Å². The van der Waals surface area contributed by atoms with Gasteiger partial charge in [-0.05, 0) is 31.2 Å². The summed E-state index contributed by atoms with van der Waals surface area (Å²) < 4.78 is 61.9. The van der Waals surface area contributed by atoms with Gasteiger partial charge in [0.1, 0.15) is 23.6 Å². The standard InChI is InChI=1S/C23H24F3N3O4/c1-13-11-29(8-9-31-13)18-12-32-19-10-14(30-2)6-7-15(19)20(18)27-16-4-3-5-17-21(16)33-22(28-17)23(24,25)26/h3-7,10,13,18,20,27H,8-9,11-12H2,1-2H3. The average Bonchev–Trinajstić information content (AvgIpc) is 3.25. The number of aromatic nitrogens is 1. The molecule has 0 bridgehead atoms. The van der Waals surface area contributed by atoms with Gasteiger partial charge in [0, 0.05) is 24.7 Å². The first-order valence-electron chi connectivity index (χ1n) is 10.7. The number of nitrogens with one attached hydrogen (secondary N) is 1. The maximum Gasteiger partial charge on any atom is 0.468 e. The predicted octanol–water partition coefficient (Wildman–Crippen LogP) is 4.49. The summed E-state index contributed by atoms with van der Waals surface area (Å²) in [6, 6.07) is 10.1. The van der Waals surface area contributed by atoms with E-state index in [2.05, 4.69) is 15.2 Å². The molecule has 3 unspecified atom stereocenters. The van der Waals surface area contributed by atoms with Crippen molar-refractivity contribution in [2.75, 3.05) is 38.7 Å². The van der Waals surface area contributed by atoms with Gasteiger partial charge < -0.3 is 23.9 Å². The van der Waals surface area contributed by atoms with Crippen molar-refractivity contribution >= 4 is 16.8 Å². The Morgan fingerprint density at radius 1 is 1.21 bits per heavy atom. The molecule has 0 aliphatic carbocycles. The molecule has 0 amide bonds. The quantitative estimate of drug-likeness (QED) is 0.612. The van der Waals surface area contributed by atoms with Crippen molar-refractivity contribution in [3.63, 3.8) is 0 Å². The van der Waals surface area contributed by atoms with E-state index in [1.54, 1.807) is 19.2 Å². The van der Waals surface area contributed by atoms with Crippen LogP contribution in [0.25, 0.3) is 11.1 Å². The highest BCUT2D eigenvalue weighted by Crippen LogP contribution is 2.41. The monoisotopic (exact) mass is 463 g/mol. The Labute approximate surface area is 188 Å². The van der Waals surface area contributed by atoms with E-state index < -0.39 is 12.1 Å². The first kappa shape index (κ1) is 21.8. The number of anilines is 1. The Kier molecular flexibility index (Phi) is 5.57. The Morgan fingerprint density at radius 2 is 2.06 bits per heavy atom. The lowest BCUT2D eigenvalue weighted by molar-refractivity contribution is -0.156. The summed E-state index contributed by atoms with van der Waals surface area (Å²) in [7, 11) is 1.58. The van der Waals surface area contributed by atoms with E-state index in [1.165, 1.54) is 6.07 Å². The number of para-hydroxylation sites is 1. The number of fused-ring (bicyclic) bond motifs is 2. The van der Waals surface area contributed by atoms with Crippen LogP contribution >= 0.6 is 0 Å². The predicted molar refractivity (Wildman–Crippen MR) is 115 cm³/mol. The fourth-order valence-electron chi connectivity index (χ4n) is 4.49. The number of hydrogen-bond acceptors (Lipinski definition) is 7. The first-order chi connectivity index (χ1) is 15.8. The van der Waals surface area contributed by atoms with E-state index in [9.17, 15) is 13.2 Å². The van der Waals surface area contributed by atoms with Crippen LogP contribution in [-0.4, -0.2) is 55.4 Å². The van der Waals surface area contributed by atoms with E-state index >= 15 is 0 Å². The SMILES string of the molecule is COc1ccc2c(c1)OCC(N1CCOC(C)C1)C2Nc1cccc2nc(C(F)(F)F)oc12. The molecule has 10 heteroatoms. The molecule has 2 aliphatic rings. The summed E-state index contributed by atoms with van der Waals surface area (Å²) in [5.74, 6) is 0.0747. The van der Waals surface area contributed by atoms with Crippen LogP contribution in [0.3, 0.4) is 0 Å². The van der Waals surface area contributed by atoms with Gasteiger partial charge in [-0.25, -0.2) is 4.98 Å². The third-order valence-electron chi connectivity index (χ3n) is 6.06. The van der Waals surface area contributed by atoms with Crippen LogP contribution in [0.2, 0.25) is 0 Å². The third-order valence-corrected chi connectivity index (χ3v) is 6.06. The normalized spacial score (nSPS) is 23.7. The van der Waals surface area contributed by atoms with Crippen molar-refractivity contribution in [1.29, 1.82) is 0 Å². The Bertz CT molecular complexity index is 1150. The van der Waals surface area contributed by atoms with E-state index in [0.29, 0.717) is 30.4 Å². The van der Waals surface area contributed by atoms with Gasteiger partial charge in [-0.1, -0.05) is 6.07 Å². The molecule has 1 aromatic heterocycles. The first-order valence-corrected chi connectivity index (χ1v) is 10.7. The van der Waals surface area contributed by atoms with Crippen LogP contribution in [0.5, 0.6) is 11.5 Å². The molecule has 1 fully saturated rings.